The number of benzene rings is 1. The predicted molar refractivity (Wildman–Crippen MR) is 130 cm³/mol. The molecule has 0 N–H and O–H groups in total. The van der Waals surface area contributed by atoms with Crippen molar-refractivity contribution in [1.82, 2.24) is 24.6 Å². The number of thioether (sulfide) groups is 1. The van der Waals surface area contributed by atoms with Crippen LogP contribution in [0.25, 0.3) is 16.2 Å². The highest BCUT2D eigenvalue weighted by Crippen LogP contribution is 2.31. The van der Waals surface area contributed by atoms with Gasteiger partial charge in [-0.3, -0.25) is 0 Å². The summed E-state index contributed by atoms with van der Waals surface area (Å²) >= 11 is 2.70. The van der Waals surface area contributed by atoms with Crippen molar-refractivity contribution in [2.24, 2.45) is 0 Å². The molecule has 0 saturated heterocycles. The zero-order chi connectivity index (χ0) is 25.4. The fraction of sp³-hybridized carbons (Fsp3) is 0.217. The number of aromatic nitrogens is 5. The van der Waals surface area contributed by atoms with Gasteiger partial charge in [0.15, 0.2) is 0 Å². The second kappa shape index (κ2) is 9.54. The van der Waals surface area contributed by atoms with Gasteiger partial charge >= 0.3 is 6.18 Å². The van der Waals surface area contributed by atoms with Gasteiger partial charge in [-0.15, -0.1) is 16.9 Å². The van der Waals surface area contributed by atoms with Crippen molar-refractivity contribution in [2.45, 2.75) is 24.1 Å². The van der Waals surface area contributed by atoms with Crippen LogP contribution in [-0.2, 0) is 6.18 Å². The predicted octanol–water partition coefficient (Wildman–Crippen LogP) is 5.86. The fourth-order valence-corrected chi connectivity index (χ4v) is 4.72. The van der Waals surface area contributed by atoms with Gasteiger partial charge in [0, 0.05) is 35.6 Å². The lowest BCUT2D eigenvalue weighted by molar-refractivity contribution is -0.138. The van der Waals surface area contributed by atoms with Gasteiger partial charge in [-0.1, -0.05) is 6.08 Å². The molecule has 36 heavy (non-hydrogen) atoms. The van der Waals surface area contributed by atoms with Crippen LogP contribution in [0.2, 0.25) is 0 Å². The molecule has 1 atom stereocenters. The van der Waals surface area contributed by atoms with Crippen LogP contribution in [0.4, 0.5) is 23.5 Å². The molecule has 0 aliphatic carbocycles. The van der Waals surface area contributed by atoms with Crippen LogP contribution in [0, 0.1) is 5.82 Å². The number of alkyl halides is 3. The minimum atomic E-state index is -4.48. The Labute approximate surface area is 211 Å². The van der Waals surface area contributed by atoms with Crippen molar-refractivity contribution in [3.8, 4) is 16.5 Å². The lowest BCUT2D eigenvalue weighted by Crippen LogP contribution is -2.25. The Morgan fingerprint density at radius 3 is 2.58 bits per heavy atom. The maximum Gasteiger partial charge on any atom is 0.419 e. The van der Waals surface area contributed by atoms with E-state index in [1.54, 1.807) is 34.0 Å². The van der Waals surface area contributed by atoms with Crippen molar-refractivity contribution in [2.75, 3.05) is 17.7 Å². The molecular weight excluding hydrogens is 516 g/mol. The third-order valence-electron chi connectivity index (χ3n) is 5.42. The van der Waals surface area contributed by atoms with E-state index in [0.29, 0.717) is 28.0 Å². The minimum absolute atomic E-state index is 0.166. The normalized spacial score (nSPS) is 14.8. The SMILES string of the molecule is CSc1ccc(-c2cn3nc(O[C@@H](C)C4=CCN(c5ncc(C(F)(F)F)cn5)C=C4)sc3n2)c(F)c1. The van der Waals surface area contributed by atoms with E-state index >= 15 is 0 Å². The van der Waals surface area contributed by atoms with E-state index in [1.807, 2.05) is 25.3 Å². The molecule has 1 aromatic carbocycles. The average molecular weight is 535 g/mol. The summed E-state index contributed by atoms with van der Waals surface area (Å²) in [6.45, 7) is 2.23. The molecule has 4 aromatic rings. The first-order chi connectivity index (χ1) is 17.2. The van der Waals surface area contributed by atoms with Crippen molar-refractivity contribution >= 4 is 34.0 Å². The van der Waals surface area contributed by atoms with Gasteiger partial charge in [0.2, 0.25) is 10.9 Å². The van der Waals surface area contributed by atoms with Gasteiger partial charge in [-0.25, -0.2) is 23.9 Å². The van der Waals surface area contributed by atoms with Gasteiger partial charge in [-0.2, -0.15) is 13.2 Å². The van der Waals surface area contributed by atoms with Crippen LogP contribution in [0.1, 0.15) is 12.5 Å². The van der Waals surface area contributed by atoms with Gasteiger partial charge in [0.1, 0.15) is 11.9 Å². The van der Waals surface area contributed by atoms with Crippen LogP contribution in [0.5, 0.6) is 5.19 Å². The van der Waals surface area contributed by atoms with Crippen molar-refractivity contribution < 1.29 is 22.3 Å². The Bertz CT molecular complexity index is 1430. The summed E-state index contributed by atoms with van der Waals surface area (Å²) in [4.78, 5) is 15.1. The Balaban J connectivity index is 1.24. The van der Waals surface area contributed by atoms with Gasteiger partial charge < -0.3 is 9.64 Å². The van der Waals surface area contributed by atoms with Crippen LogP contribution in [-0.4, -0.2) is 43.5 Å². The smallest absolute Gasteiger partial charge is 0.419 e. The molecule has 0 saturated carbocycles. The van der Waals surface area contributed by atoms with E-state index in [0.717, 1.165) is 22.9 Å². The number of hydrogen-bond donors (Lipinski definition) is 0. The van der Waals surface area contributed by atoms with Crippen LogP contribution in [0.15, 0.2) is 65.6 Å². The molecule has 0 spiro atoms. The largest absolute Gasteiger partial charge is 0.461 e. The number of nitrogens with zero attached hydrogens (tertiary/aromatic N) is 6. The highest BCUT2D eigenvalue weighted by molar-refractivity contribution is 7.98. The third-order valence-corrected chi connectivity index (χ3v) is 6.96. The second-order valence-corrected chi connectivity index (χ2v) is 9.57. The number of rotatable bonds is 6. The molecule has 13 heteroatoms. The average Bonchev–Trinajstić information content (AvgIpc) is 3.42. The molecule has 186 valence electrons. The number of anilines is 1. The molecule has 0 bridgehead atoms. The molecule has 4 heterocycles. The maximum atomic E-state index is 14.4. The number of hydrogen-bond acceptors (Lipinski definition) is 8. The number of halogens is 4. The summed E-state index contributed by atoms with van der Waals surface area (Å²) in [6, 6.07) is 5.03. The van der Waals surface area contributed by atoms with E-state index in [4.69, 9.17) is 4.74 Å². The maximum absolute atomic E-state index is 14.4. The molecule has 1 aliphatic heterocycles. The van der Waals surface area contributed by atoms with Crippen molar-refractivity contribution in [3.05, 3.63) is 72.1 Å². The molecule has 0 unspecified atom stereocenters. The Hall–Kier alpha value is -3.45. The molecule has 0 radical (unpaired) electrons. The van der Waals surface area contributed by atoms with Crippen LogP contribution >= 0.6 is 23.1 Å². The first-order valence-corrected chi connectivity index (χ1v) is 12.7. The van der Waals surface area contributed by atoms with Gasteiger partial charge in [0.05, 0.1) is 17.5 Å². The summed E-state index contributed by atoms with van der Waals surface area (Å²) in [6.07, 6.45) is 5.59. The van der Waals surface area contributed by atoms with Crippen molar-refractivity contribution in [3.63, 3.8) is 0 Å². The van der Waals surface area contributed by atoms with Crippen LogP contribution in [0.3, 0.4) is 0 Å². The summed E-state index contributed by atoms with van der Waals surface area (Å²) in [5.41, 5.74) is 0.858. The topological polar surface area (TPSA) is 68.4 Å². The zero-order valence-electron chi connectivity index (χ0n) is 18.9. The lowest BCUT2D eigenvalue weighted by atomic mass is 10.1. The number of ether oxygens (including phenoxy) is 1. The van der Waals surface area contributed by atoms with E-state index in [2.05, 4.69) is 20.1 Å². The highest BCUT2D eigenvalue weighted by Gasteiger charge is 2.31. The fourth-order valence-electron chi connectivity index (χ4n) is 3.48. The Kier molecular flexibility index (Phi) is 6.43. The summed E-state index contributed by atoms with van der Waals surface area (Å²) in [7, 11) is 0. The minimum Gasteiger partial charge on any atom is -0.461 e. The molecule has 0 fully saturated rings. The number of imidazole rings is 1. The summed E-state index contributed by atoms with van der Waals surface area (Å²) < 4.78 is 60.1. The Morgan fingerprint density at radius 1 is 1.19 bits per heavy atom. The second-order valence-electron chi connectivity index (χ2n) is 7.77. The highest BCUT2D eigenvalue weighted by atomic mass is 32.2. The molecular formula is C23H18F4N6OS2. The third kappa shape index (κ3) is 4.93. The monoisotopic (exact) mass is 534 g/mol. The molecule has 5 rings (SSSR count). The molecule has 0 amide bonds. The van der Waals surface area contributed by atoms with E-state index < -0.39 is 11.7 Å². The van der Waals surface area contributed by atoms with Gasteiger partial charge in [0.25, 0.3) is 5.19 Å². The molecule has 7 nitrogen and oxygen atoms in total. The van der Waals surface area contributed by atoms with Crippen molar-refractivity contribution in [1.29, 1.82) is 0 Å². The first kappa shape index (κ1) is 24.3. The lowest BCUT2D eigenvalue weighted by Gasteiger charge is -2.23. The number of fused-ring (bicyclic) bond motifs is 1. The van der Waals surface area contributed by atoms with E-state index in [9.17, 15) is 17.6 Å². The van der Waals surface area contributed by atoms with E-state index in [1.165, 1.54) is 29.2 Å². The summed E-state index contributed by atoms with van der Waals surface area (Å²) in [5, 5.41) is 4.80. The quantitative estimate of drug-likeness (QED) is 0.227. The Morgan fingerprint density at radius 2 is 1.97 bits per heavy atom. The zero-order valence-corrected chi connectivity index (χ0v) is 20.5. The first-order valence-electron chi connectivity index (χ1n) is 10.6. The summed E-state index contributed by atoms with van der Waals surface area (Å²) in [5.74, 6) is -0.177. The van der Waals surface area contributed by atoms with E-state index in [-0.39, 0.29) is 17.9 Å². The van der Waals surface area contributed by atoms with Crippen LogP contribution < -0.4 is 9.64 Å². The molecule has 3 aromatic heterocycles. The standard InChI is InChI=1S/C23H18F4N6OS2/c1-13(14-5-7-32(8-6-14)20-28-10-15(11-29-20)23(25,26)27)34-22-31-33-12-19(30-21(33)36-22)17-4-3-16(35-2)9-18(17)24/h3-7,9-13H,8H2,1-2H3/t13-/m0/s1. The molecule has 1 aliphatic rings. The van der Waals surface area contributed by atoms with Gasteiger partial charge in [-0.05, 0) is 54.4 Å².